The molecule has 1 aromatic heterocycles. The van der Waals surface area contributed by atoms with Gasteiger partial charge in [0, 0.05) is 24.4 Å². The molecule has 0 bridgehead atoms. The highest BCUT2D eigenvalue weighted by Crippen LogP contribution is 2.11. The normalized spacial score (nSPS) is 9.95. The van der Waals surface area contributed by atoms with Gasteiger partial charge in [0.25, 0.3) is 5.91 Å². The predicted molar refractivity (Wildman–Crippen MR) is 70.1 cm³/mol. The van der Waals surface area contributed by atoms with Gasteiger partial charge in [-0.25, -0.2) is 4.98 Å². The quantitative estimate of drug-likeness (QED) is 0.876. The number of phenolic OH excluding ortho intramolecular Hbond substituents is 1. The maximum Gasteiger partial charge on any atom is 0.251 e. The molecule has 0 aliphatic rings. The van der Waals surface area contributed by atoms with Gasteiger partial charge in [-0.2, -0.15) is 0 Å². The van der Waals surface area contributed by atoms with Crippen LogP contribution in [-0.4, -0.2) is 23.1 Å². The van der Waals surface area contributed by atoms with E-state index in [0.717, 1.165) is 5.56 Å². The van der Waals surface area contributed by atoms with E-state index in [2.05, 4.69) is 10.3 Å². The van der Waals surface area contributed by atoms with Crippen molar-refractivity contribution in [3.8, 4) is 11.6 Å². The summed E-state index contributed by atoms with van der Waals surface area (Å²) in [7, 11) is 1.54. The molecule has 0 unspecified atom stereocenters. The molecule has 0 radical (unpaired) electrons. The molecule has 5 heteroatoms. The number of hydrogen-bond acceptors (Lipinski definition) is 4. The fourth-order valence-corrected chi connectivity index (χ4v) is 1.60. The molecule has 0 fully saturated rings. The van der Waals surface area contributed by atoms with E-state index in [9.17, 15) is 9.90 Å². The Morgan fingerprint density at radius 3 is 2.95 bits per heavy atom. The van der Waals surface area contributed by atoms with Gasteiger partial charge in [-0.3, -0.25) is 4.79 Å². The number of nitrogens with zero attached hydrogens (tertiary/aromatic N) is 1. The summed E-state index contributed by atoms with van der Waals surface area (Å²) in [5.74, 6) is 0.328. The highest BCUT2D eigenvalue weighted by molar-refractivity contribution is 5.94. The Morgan fingerprint density at radius 1 is 1.37 bits per heavy atom. The molecule has 1 aromatic carbocycles. The van der Waals surface area contributed by atoms with Gasteiger partial charge in [-0.1, -0.05) is 6.07 Å². The lowest BCUT2D eigenvalue weighted by atomic mass is 10.2. The zero-order chi connectivity index (χ0) is 13.7. The molecular formula is C14H14N2O3. The number of aromatic nitrogens is 1. The summed E-state index contributed by atoms with van der Waals surface area (Å²) in [6.45, 7) is 0.368. The monoisotopic (exact) mass is 258 g/mol. The molecule has 2 N–H and O–H groups in total. The summed E-state index contributed by atoms with van der Waals surface area (Å²) in [6.07, 6.45) is 1.62. The number of ether oxygens (including phenoxy) is 1. The minimum absolute atomic E-state index is 0.0678. The third kappa shape index (κ3) is 3.45. The molecular weight excluding hydrogens is 244 g/mol. The van der Waals surface area contributed by atoms with Crippen LogP contribution in [0.5, 0.6) is 11.6 Å². The lowest BCUT2D eigenvalue weighted by molar-refractivity contribution is 0.0950. The van der Waals surface area contributed by atoms with Crippen LogP contribution < -0.4 is 10.1 Å². The van der Waals surface area contributed by atoms with Gasteiger partial charge in [0.1, 0.15) is 5.75 Å². The molecule has 1 heterocycles. The summed E-state index contributed by atoms with van der Waals surface area (Å²) >= 11 is 0. The van der Waals surface area contributed by atoms with E-state index in [4.69, 9.17) is 4.74 Å². The van der Waals surface area contributed by atoms with Gasteiger partial charge < -0.3 is 15.2 Å². The second kappa shape index (κ2) is 5.86. The van der Waals surface area contributed by atoms with E-state index < -0.39 is 0 Å². The third-order valence-corrected chi connectivity index (χ3v) is 2.57. The highest BCUT2D eigenvalue weighted by atomic mass is 16.5. The van der Waals surface area contributed by atoms with E-state index in [1.165, 1.54) is 19.2 Å². The molecule has 2 aromatic rings. The molecule has 0 aliphatic heterocycles. The summed E-state index contributed by atoms with van der Waals surface area (Å²) in [4.78, 5) is 15.8. The van der Waals surface area contributed by atoms with Crippen molar-refractivity contribution in [1.82, 2.24) is 10.3 Å². The zero-order valence-electron chi connectivity index (χ0n) is 10.5. The summed E-state index contributed by atoms with van der Waals surface area (Å²) in [6, 6.07) is 9.75. The Bertz CT molecular complexity index is 584. The van der Waals surface area contributed by atoms with Crippen LogP contribution in [0, 0.1) is 0 Å². The Kier molecular flexibility index (Phi) is 3.97. The van der Waals surface area contributed by atoms with Crippen molar-refractivity contribution >= 4 is 5.91 Å². The van der Waals surface area contributed by atoms with Gasteiger partial charge in [0.05, 0.1) is 7.11 Å². The molecule has 5 nitrogen and oxygen atoms in total. The minimum atomic E-state index is -0.244. The van der Waals surface area contributed by atoms with Gasteiger partial charge in [-0.05, 0) is 29.8 Å². The number of pyridine rings is 1. The average molecular weight is 258 g/mol. The first-order chi connectivity index (χ1) is 9.19. The number of benzene rings is 1. The molecule has 0 aliphatic carbocycles. The van der Waals surface area contributed by atoms with Crippen LogP contribution in [0.1, 0.15) is 15.9 Å². The van der Waals surface area contributed by atoms with E-state index in [1.54, 1.807) is 30.5 Å². The van der Waals surface area contributed by atoms with Crippen molar-refractivity contribution in [2.45, 2.75) is 6.54 Å². The predicted octanol–water partition coefficient (Wildman–Crippen LogP) is 1.73. The maximum atomic E-state index is 11.9. The number of methoxy groups -OCH3 is 1. The van der Waals surface area contributed by atoms with Crippen molar-refractivity contribution in [2.24, 2.45) is 0 Å². The SMILES string of the molecule is COc1cc(CNC(=O)c2cccc(O)c2)ccn1. The van der Waals surface area contributed by atoms with Gasteiger partial charge in [0.2, 0.25) is 5.88 Å². The van der Waals surface area contributed by atoms with Crippen molar-refractivity contribution in [3.05, 3.63) is 53.7 Å². The number of nitrogens with one attached hydrogen (secondary N) is 1. The molecule has 2 rings (SSSR count). The number of rotatable bonds is 4. The van der Waals surface area contributed by atoms with Crippen LogP contribution in [0.25, 0.3) is 0 Å². The number of amides is 1. The number of aromatic hydroxyl groups is 1. The van der Waals surface area contributed by atoms with Crippen molar-refractivity contribution in [3.63, 3.8) is 0 Å². The molecule has 0 spiro atoms. The van der Waals surface area contributed by atoms with Crippen LogP contribution in [0.4, 0.5) is 0 Å². The molecule has 0 saturated heterocycles. The first kappa shape index (κ1) is 12.9. The largest absolute Gasteiger partial charge is 0.508 e. The maximum absolute atomic E-state index is 11.9. The number of carbonyl (C=O) groups excluding carboxylic acids is 1. The number of hydrogen-bond donors (Lipinski definition) is 2. The average Bonchev–Trinajstić information content (AvgIpc) is 2.45. The smallest absolute Gasteiger partial charge is 0.251 e. The number of phenols is 1. The van der Waals surface area contributed by atoms with Crippen LogP contribution >= 0.6 is 0 Å². The van der Waals surface area contributed by atoms with Crippen molar-refractivity contribution < 1.29 is 14.6 Å². The fourth-order valence-electron chi connectivity index (χ4n) is 1.60. The number of carbonyl (C=O) groups is 1. The fraction of sp³-hybridized carbons (Fsp3) is 0.143. The second-order valence-corrected chi connectivity index (χ2v) is 3.94. The first-order valence-corrected chi connectivity index (χ1v) is 5.75. The molecule has 0 atom stereocenters. The molecule has 19 heavy (non-hydrogen) atoms. The minimum Gasteiger partial charge on any atom is -0.508 e. The lowest BCUT2D eigenvalue weighted by Crippen LogP contribution is -2.22. The Labute approximate surface area is 110 Å². The Balaban J connectivity index is 2.00. The Hall–Kier alpha value is -2.56. The first-order valence-electron chi connectivity index (χ1n) is 5.75. The van der Waals surface area contributed by atoms with E-state index in [-0.39, 0.29) is 11.7 Å². The summed E-state index contributed by atoms with van der Waals surface area (Å²) < 4.78 is 5.01. The third-order valence-electron chi connectivity index (χ3n) is 2.57. The summed E-state index contributed by atoms with van der Waals surface area (Å²) in [5.41, 5.74) is 1.31. The molecule has 1 amide bonds. The van der Waals surface area contributed by atoms with Gasteiger partial charge >= 0.3 is 0 Å². The van der Waals surface area contributed by atoms with Gasteiger partial charge in [-0.15, -0.1) is 0 Å². The standard InChI is InChI=1S/C14H14N2O3/c1-19-13-7-10(5-6-15-13)9-16-14(18)11-3-2-4-12(17)8-11/h2-8,17H,9H2,1H3,(H,16,18). The van der Waals surface area contributed by atoms with Crippen molar-refractivity contribution in [1.29, 1.82) is 0 Å². The highest BCUT2D eigenvalue weighted by Gasteiger charge is 2.06. The van der Waals surface area contributed by atoms with Crippen LogP contribution in [0.3, 0.4) is 0 Å². The van der Waals surface area contributed by atoms with Crippen LogP contribution in [0.2, 0.25) is 0 Å². The van der Waals surface area contributed by atoms with E-state index in [1.807, 2.05) is 0 Å². The summed E-state index contributed by atoms with van der Waals surface area (Å²) in [5, 5.41) is 12.1. The Morgan fingerprint density at radius 2 is 2.21 bits per heavy atom. The van der Waals surface area contributed by atoms with Crippen LogP contribution in [0.15, 0.2) is 42.6 Å². The topological polar surface area (TPSA) is 71.5 Å². The molecule has 98 valence electrons. The van der Waals surface area contributed by atoms with E-state index >= 15 is 0 Å². The van der Waals surface area contributed by atoms with Crippen LogP contribution in [-0.2, 0) is 6.54 Å². The van der Waals surface area contributed by atoms with Gasteiger partial charge in [0.15, 0.2) is 0 Å². The van der Waals surface area contributed by atoms with Crippen molar-refractivity contribution in [2.75, 3.05) is 7.11 Å². The lowest BCUT2D eigenvalue weighted by Gasteiger charge is -2.06. The van der Waals surface area contributed by atoms with E-state index in [0.29, 0.717) is 18.0 Å². The second-order valence-electron chi connectivity index (χ2n) is 3.94. The molecule has 0 saturated carbocycles. The zero-order valence-corrected chi connectivity index (χ0v) is 10.5.